The molecule has 1 aliphatic carbocycles. The van der Waals surface area contributed by atoms with Crippen molar-refractivity contribution >= 4 is 17.7 Å². The lowest BCUT2D eigenvalue weighted by Gasteiger charge is -2.35. The molecule has 3 aliphatic rings. The van der Waals surface area contributed by atoms with Crippen molar-refractivity contribution in [3.8, 4) is 0 Å². The summed E-state index contributed by atoms with van der Waals surface area (Å²) in [6.07, 6.45) is 4.11. The van der Waals surface area contributed by atoms with Crippen molar-refractivity contribution in [2.45, 2.75) is 83.5 Å². The highest BCUT2D eigenvalue weighted by molar-refractivity contribution is 5.93. The van der Waals surface area contributed by atoms with Gasteiger partial charge < -0.3 is 20.6 Å². The number of piperidine rings is 1. The van der Waals surface area contributed by atoms with Crippen LogP contribution in [0.2, 0.25) is 0 Å². The van der Waals surface area contributed by atoms with Gasteiger partial charge in [-0.2, -0.15) is 0 Å². The van der Waals surface area contributed by atoms with Gasteiger partial charge in [0, 0.05) is 31.6 Å². The minimum Gasteiger partial charge on any atom is -0.391 e. The van der Waals surface area contributed by atoms with E-state index in [2.05, 4.69) is 20.9 Å². The van der Waals surface area contributed by atoms with Gasteiger partial charge in [0.2, 0.25) is 17.7 Å². The molecule has 10 heteroatoms. The minimum atomic E-state index is -0.837. The van der Waals surface area contributed by atoms with E-state index in [4.69, 9.17) is 0 Å². The maximum atomic E-state index is 13.7. The molecule has 2 unspecified atom stereocenters. The average molecular weight is 447 g/mol. The number of nitrogens with zero attached hydrogens (tertiary/aromatic N) is 4. The Morgan fingerprint density at radius 3 is 2.62 bits per heavy atom. The minimum absolute atomic E-state index is 0.00138. The molecule has 176 valence electrons. The summed E-state index contributed by atoms with van der Waals surface area (Å²) >= 11 is 0. The highest BCUT2D eigenvalue weighted by atomic mass is 16.3. The van der Waals surface area contributed by atoms with Crippen molar-refractivity contribution in [3.63, 3.8) is 0 Å². The molecule has 2 saturated heterocycles. The summed E-state index contributed by atoms with van der Waals surface area (Å²) in [5.41, 5.74) is 0.401. The molecule has 0 spiro atoms. The Morgan fingerprint density at radius 1 is 1.28 bits per heavy atom. The number of nitrogens with one attached hydrogen (secondary N) is 2. The van der Waals surface area contributed by atoms with Gasteiger partial charge in [0.25, 0.3) is 0 Å². The Bertz CT molecular complexity index is 889. The fraction of sp³-hybridized carbons (Fsp3) is 0.773. The Hall–Kier alpha value is -2.49. The number of likely N-dealkylation sites (tertiary alicyclic amines) is 1. The summed E-state index contributed by atoms with van der Waals surface area (Å²) in [6, 6.07) is -2.14. The van der Waals surface area contributed by atoms with E-state index in [9.17, 15) is 19.5 Å². The van der Waals surface area contributed by atoms with E-state index in [1.54, 1.807) is 4.68 Å². The molecule has 1 aromatic rings. The number of rotatable bonds is 5. The van der Waals surface area contributed by atoms with Gasteiger partial charge in [0.15, 0.2) is 0 Å². The first-order chi connectivity index (χ1) is 15.1. The molecule has 1 saturated carbocycles. The second-order valence-electron chi connectivity index (χ2n) is 10.6. The summed E-state index contributed by atoms with van der Waals surface area (Å²) < 4.78 is 1.60. The maximum absolute atomic E-state index is 13.7. The largest absolute Gasteiger partial charge is 0.391 e. The van der Waals surface area contributed by atoms with Gasteiger partial charge in [-0.15, -0.1) is 5.10 Å². The molecular weight excluding hydrogens is 412 g/mol. The number of β-amino-alcohol motifs (C(OH)–C–C–N with tert-alkyl or cyclic N) is 1. The quantitative estimate of drug-likeness (QED) is 0.598. The lowest BCUT2D eigenvalue weighted by molar-refractivity contribution is -0.145. The number of amides is 3. The number of carbonyl (C=O) groups excluding carboxylic acids is 3. The molecule has 2 aliphatic heterocycles. The lowest BCUT2D eigenvalue weighted by atomic mass is 9.85. The first-order valence-corrected chi connectivity index (χ1v) is 11.5. The van der Waals surface area contributed by atoms with E-state index in [1.165, 1.54) is 4.90 Å². The highest BCUT2D eigenvalue weighted by Crippen LogP contribution is 2.40. The van der Waals surface area contributed by atoms with E-state index in [0.717, 1.165) is 25.0 Å². The summed E-state index contributed by atoms with van der Waals surface area (Å²) in [5.74, 6) is -0.482. The zero-order valence-electron chi connectivity index (χ0n) is 19.2. The van der Waals surface area contributed by atoms with Crippen molar-refractivity contribution < 1.29 is 19.5 Å². The van der Waals surface area contributed by atoms with Crippen molar-refractivity contribution in [1.29, 1.82) is 0 Å². The predicted molar refractivity (Wildman–Crippen MR) is 115 cm³/mol. The van der Waals surface area contributed by atoms with Gasteiger partial charge >= 0.3 is 0 Å². The second-order valence-corrected chi connectivity index (χ2v) is 10.6. The standard InChI is InChI=1S/C22H34N6O4/c1-12-7-8-23-20(31)17(12)24-19(30)16-9-14(29)10-27(16)21(32)18(22(2,3)4)28-11-15(25-26-28)13-5-6-13/h11-14,16-18,29H,5-10H2,1-4H3,(H,23,31)(H,24,30)/t12?,14-,16+,17?,18-/m1/s1. The molecular formula is C22H34N6O4. The van der Waals surface area contributed by atoms with Gasteiger partial charge in [-0.1, -0.05) is 32.9 Å². The van der Waals surface area contributed by atoms with Gasteiger partial charge in [-0.05, 0) is 30.6 Å². The molecule has 32 heavy (non-hydrogen) atoms. The Labute approximate surface area is 188 Å². The molecule has 10 nitrogen and oxygen atoms in total. The summed E-state index contributed by atoms with van der Waals surface area (Å²) in [7, 11) is 0. The second kappa shape index (κ2) is 8.46. The number of aliphatic hydroxyl groups is 1. The maximum Gasteiger partial charge on any atom is 0.248 e. The van der Waals surface area contributed by atoms with Crippen molar-refractivity contribution in [3.05, 3.63) is 11.9 Å². The van der Waals surface area contributed by atoms with Gasteiger partial charge in [-0.25, -0.2) is 4.68 Å². The van der Waals surface area contributed by atoms with Gasteiger partial charge in [0.05, 0.1) is 11.8 Å². The monoisotopic (exact) mass is 446 g/mol. The van der Waals surface area contributed by atoms with Crippen molar-refractivity contribution in [2.24, 2.45) is 11.3 Å². The first kappa shape index (κ1) is 22.7. The molecule has 3 amide bonds. The summed E-state index contributed by atoms with van der Waals surface area (Å²) in [5, 5.41) is 24.4. The number of aliphatic hydroxyl groups excluding tert-OH is 1. The molecule has 4 rings (SSSR count). The van der Waals surface area contributed by atoms with Gasteiger partial charge in [0.1, 0.15) is 18.1 Å². The molecule has 0 bridgehead atoms. The third-order valence-electron chi connectivity index (χ3n) is 6.76. The third kappa shape index (κ3) is 4.51. The molecule has 3 N–H and O–H groups in total. The van der Waals surface area contributed by atoms with E-state index in [-0.39, 0.29) is 30.7 Å². The zero-order valence-corrected chi connectivity index (χ0v) is 19.2. The van der Waals surface area contributed by atoms with Crippen LogP contribution in [0, 0.1) is 11.3 Å². The van der Waals surface area contributed by atoms with Crippen molar-refractivity contribution in [1.82, 2.24) is 30.5 Å². The van der Waals surface area contributed by atoms with Crippen LogP contribution in [0.5, 0.6) is 0 Å². The van der Waals surface area contributed by atoms with Crippen LogP contribution >= 0.6 is 0 Å². The topological polar surface area (TPSA) is 129 Å². The molecule has 0 radical (unpaired) electrons. The van der Waals surface area contributed by atoms with Crippen LogP contribution in [0.15, 0.2) is 6.20 Å². The number of hydrogen-bond donors (Lipinski definition) is 3. The van der Waals surface area contributed by atoms with Crippen LogP contribution in [-0.4, -0.2) is 74.0 Å². The molecule has 3 heterocycles. The lowest BCUT2D eigenvalue weighted by Crippen LogP contribution is -2.58. The van der Waals surface area contributed by atoms with E-state index in [1.807, 2.05) is 33.9 Å². The van der Waals surface area contributed by atoms with E-state index < -0.39 is 35.6 Å². The summed E-state index contributed by atoms with van der Waals surface area (Å²) in [4.78, 5) is 40.6. The van der Waals surface area contributed by atoms with Crippen LogP contribution in [0.4, 0.5) is 0 Å². The van der Waals surface area contributed by atoms with Crippen molar-refractivity contribution in [2.75, 3.05) is 13.1 Å². The summed E-state index contributed by atoms with van der Waals surface area (Å²) in [6.45, 7) is 8.43. The van der Waals surface area contributed by atoms with Gasteiger partial charge in [-0.3, -0.25) is 14.4 Å². The molecule has 3 fully saturated rings. The van der Waals surface area contributed by atoms with Crippen LogP contribution < -0.4 is 10.6 Å². The van der Waals surface area contributed by atoms with Crippen LogP contribution in [-0.2, 0) is 14.4 Å². The number of aromatic nitrogens is 3. The smallest absolute Gasteiger partial charge is 0.248 e. The van der Waals surface area contributed by atoms with Crippen LogP contribution in [0.3, 0.4) is 0 Å². The molecule has 5 atom stereocenters. The third-order valence-corrected chi connectivity index (χ3v) is 6.76. The average Bonchev–Trinajstić information content (AvgIpc) is 3.31. The van der Waals surface area contributed by atoms with E-state index >= 15 is 0 Å². The van der Waals surface area contributed by atoms with Crippen LogP contribution in [0.1, 0.15) is 71.0 Å². The number of hydrogen-bond acceptors (Lipinski definition) is 6. The first-order valence-electron chi connectivity index (χ1n) is 11.5. The molecule has 1 aromatic heterocycles. The molecule has 0 aromatic carbocycles. The SMILES string of the molecule is CC1CCNC(=O)C1NC(=O)[C@@H]1C[C@@H](O)CN1C(=O)[C@@H](n1cc(C2CC2)nn1)C(C)(C)C. The predicted octanol–water partition coefficient (Wildman–Crippen LogP) is 0.345. The highest BCUT2D eigenvalue weighted by Gasteiger charge is 2.46. The number of carbonyl (C=O) groups is 3. The Morgan fingerprint density at radius 2 is 2.00 bits per heavy atom. The Balaban J connectivity index is 1.55. The normalized spacial score (nSPS) is 29.5. The van der Waals surface area contributed by atoms with E-state index in [0.29, 0.717) is 12.5 Å². The Kier molecular flexibility index (Phi) is 6.00. The van der Waals surface area contributed by atoms with Crippen LogP contribution in [0.25, 0.3) is 0 Å². The fourth-order valence-corrected chi connectivity index (χ4v) is 4.74. The fourth-order valence-electron chi connectivity index (χ4n) is 4.74. The zero-order chi connectivity index (χ0) is 23.2.